The van der Waals surface area contributed by atoms with E-state index >= 15 is 0 Å². The van der Waals surface area contributed by atoms with Gasteiger partial charge >= 0.3 is 5.97 Å². The van der Waals surface area contributed by atoms with E-state index in [4.69, 9.17) is 9.84 Å². The Hall–Kier alpha value is -3.04. The number of aliphatic hydroxyl groups excluding tert-OH is 1. The maximum absolute atomic E-state index is 13.3. The Balaban J connectivity index is 1.86. The minimum Gasteiger partial charge on any atom is -0.464 e. The summed E-state index contributed by atoms with van der Waals surface area (Å²) in [5.41, 5.74) is 0.512. The molecule has 0 unspecified atom stereocenters. The molecular weight excluding hydrogens is 432 g/mol. The van der Waals surface area contributed by atoms with Gasteiger partial charge in [0.25, 0.3) is 11.8 Å². The van der Waals surface area contributed by atoms with Crippen molar-refractivity contribution in [3.8, 4) is 0 Å². The fraction of sp³-hybridized carbons (Fsp3) is 0.391. The predicted molar refractivity (Wildman–Crippen MR) is 118 cm³/mol. The third-order valence-corrected chi connectivity index (χ3v) is 6.10. The molecule has 3 amide bonds. The molecule has 2 aromatic rings. The summed E-state index contributed by atoms with van der Waals surface area (Å²) in [5.74, 6) is -2.25. The van der Waals surface area contributed by atoms with E-state index in [-0.39, 0.29) is 37.2 Å². The molecule has 0 aliphatic carbocycles. The van der Waals surface area contributed by atoms with Gasteiger partial charge in [-0.3, -0.25) is 19.3 Å². The van der Waals surface area contributed by atoms with Crippen LogP contribution in [0.5, 0.6) is 0 Å². The molecule has 1 aliphatic heterocycles. The number of amides is 3. The van der Waals surface area contributed by atoms with Crippen LogP contribution in [-0.4, -0.2) is 59.0 Å². The average molecular weight is 459 g/mol. The number of carbonyl (C=O) groups excluding carboxylic acids is 4. The lowest BCUT2D eigenvalue weighted by molar-refractivity contribution is -0.148. The summed E-state index contributed by atoms with van der Waals surface area (Å²) in [6, 6.07) is 8.06. The number of rotatable bonds is 11. The minimum atomic E-state index is -1.11. The summed E-state index contributed by atoms with van der Waals surface area (Å²) >= 11 is 1.42. The number of ether oxygens (including phenoxy) is 1. The summed E-state index contributed by atoms with van der Waals surface area (Å²) in [4.78, 5) is 53.6. The molecule has 9 heteroatoms. The molecule has 0 bridgehead atoms. The number of aliphatic hydroxyl groups is 1. The van der Waals surface area contributed by atoms with E-state index in [1.54, 1.807) is 31.2 Å². The van der Waals surface area contributed by atoms with Crippen LogP contribution >= 0.6 is 11.3 Å². The molecule has 2 N–H and O–H groups in total. The predicted octanol–water partition coefficient (Wildman–Crippen LogP) is 2.17. The third-order valence-electron chi connectivity index (χ3n) is 5.20. The topological polar surface area (TPSA) is 113 Å². The molecule has 2 heterocycles. The lowest BCUT2D eigenvalue weighted by Crippen LogP contribution is -2.54. The Morgan fingerprint density at radius 3 is 2.34 bits per heavy atom. The average Bonchev–Trinajstić information content (AvgIpc) is 3.39. The molecule has 3 rings (SSSR count). The normalized spacial score (nSPS) is 14.8. The molecule has 170 valence electrons. The van der Waals surface area contributed by atoms with Crippen molar-refractivity contribution >= 4 is 35.0 Å². The van der Waals surface area contributed by atoms with Crippen molar-refractivity contribution in [2.75, 3.05) is 13.2 Å². The van der Waals surface area contributed by atoms with Crippen LogP contribution in [0.1, 0.15) is 51.8 Å². The van der Waals surface area contributed by atoms with Gasteiger partial charge in [0.15, 0.2) is 0 Å². The third kappa shape index (κ3) is 5.23. The highest BCUT2D eigenvalue weighted by atomic mass is 32.1. The van der Waals surface area contributed by atoms with Crippen molar-refractivity contribution in [3.05, 3.63) is 57.8 Å². The Labute approximate surface area is 190 Å². The molecule has 0 saturated carbocycles. The van der Waals surface area contributed by atoms with Crippen LogP contribution in [0.4, 0.5) is 0 Å². The molecule has 0 fully saturated rings. The van der Waals surface area contributed by atoms with E-state index in [9.17, 15) is 19.2 Å². The Kier molecular flexibility index (Phi) is 8.13. The zero-order valence-electron chi connectivity index (χ0n) is 17.8. The van der Waals surface area contributed by atoms with Crippen molar-refractivity contribution in [1.82, 2.24) is 10.2 Å². The van der Waals surface area contributed by atoms with Gasteiger partial charge in [-0.05, 0) is 49.8 Å². The van der Waals surface area contributed by atoms with Gasteiger partial charge in [0.2, 0.25) is 5.91 Å². The molecule has 1 aromatic carbocycles. The van der Waals surface area contributed by atoms with Crippen LogP contribution in [0, 0.1) is 0 Å². The zero-order chi connectivity index (χ0) is 23.1. The van der Waals surface area contributed by atoms with Gasteiger partial charge in [-0.1, -0.05) is 18.2 Å². The van der Waals surface area contributed by atoms with Crippen LogP contribution in [-0.2, 0) is 20.7 Å². The van der Waals surface area contributed by atoms with Gasteiger partial charge in [0.05, 0.1) is 17.7 Å². The molecule has 0 spiro atoms. The molecule has 0 saturated heterocycles. The first-order valence-electron chi connectivity index (χ1n) is 10.5. The largest absolute Gasteiger partial charge is 0.464 e. The van der Waals surface area contributed by atoms with Gasteiger partial charge in [0.1, 0.15) is 12.1 Å². The number of hydrogen-bond donors (Lipinski definition) is 2. The quantitative estimate of drug-likeness (QED) is 0.303. The number of hydrogen-bond acceptors (Lipinski definition) is 7. The molecule has 1 aliphatic rings. The van der Waals surface area contributed by atoms with Gasteiger partial charge in [0, 0.05) is 17.9 Å². The van der Waals surface area contributed by atoms with E-state index in [2.05, 4.69) is 5.32 Å². The summed E-state index contributed by atoms with van der Waals surface area (Å²) in [7, 11) is 0. The molecule has 2 atom stereocenters. The summed E-state index contributed by atoms with van der Waals surface area (Å²) in [6.07, 6.45) is 1.39. The number of nitrogens with one attached hydrogen (secondary N) is 1. The lowest BCUT2D eigenvalue weighted by atomic mass is 10.1. The van der Waals surface area contributed by atoms with E-state index in [0.29, 0.717) is 12.8 Å². The van der Waals surface area contributed by atoms with E-state index in [1.807, 2.05) is 17.5 Å². The zero-order valence-corrected chi connectivity index (χ0v) is 18.6. The smallest absolute Gasteiger partial charge is 0.328 e. The van der Waals surface area contributed by atoms with Gasteiger partial charge < -0.3 is 15.2 Å². The Morgan fingerprint density at radius 2 is 1.78 bits per heavy atom. The van der Waals surface area contributed by atoms with Crippen LogP contribution in [0.25, 0.3) is 0 Å². The second kappa shape index (κ2) is 11.0. The number of esters is 1. The highest BCUT2D eigenvalue weighted by Crippen LogP contribution is 2.27. The second-order valence-electron chi connectivity index (χ2n) is 7.36. The Bertz CT molecular complexity index is 940. The Morgan fingerprint density at radius 1 is 1.09 bits per heavy atom. The first-order valence-corrected chi connectivity index (χ1v) is 11.4. The fourth-order valence-corrected chi connectivity index (χ4v) is 4.37. The summed E-state index contributed by atoms with van der Waals surface area (Å²) < 4.78 is 5.08. The van der Waals surface area contributed by atoms with Gasteiger partial charge in [-0.2, -0.15) is 0 Å². The molecule has 1 aromatic heterocycles. The van der Waals surface area contributed by atoms with E-state index in [0.717, 1.165) is 9.78 Å². The number of unbranched alkanes of at least 4 members (excludes halogenated alkanes) is 1. The summed E-state index contributed by atoms with van der Waals surface area (Å²) in [6.45, 7) is 1.80. The first-order chi connectivity index (χ1) is 15.5. The van der Waals surface area contributed by atoms with Gasteiger partial charge in [-0.25, -0.2) is 4.79 Å². The minimum absolute atomic E-state index is 0.0282. The van der Waals surface area contributed by atoms with Crippen LogP contribution in [0.2, 0.25) is 0 Å². The van der Waals surface area contributed by atoms with Crippen LogP contribution < -0.4 is 5.32 Å². The number of fused-ring (bicyclic) bond motifs is 1. The second-order valence-corrected chi connectivity index (χ2v) is 8.39. The van der Waals surface area contributed by atoms with Crippen LogP contribution in [0.15, 0.2) is 41.8 Å². The van der Waals surface area contributed by atoms with Crippen molar-refractivity contribution in [1.29, 1.82) is 0 Å². The van der Waals surface area contributed by atoms with Crippen molar-refractivity contribution < 1.29 is 29.0 Å². The molecule has 8 nitrogen and oxygen atoms in total. The number of imide groups is 1. The molecule has 32 heavy (non-hydrogen) atoms. The number of carbonyl (C=O) groups is 4. The monoisotopic (exact) mass is 458 g/mol. The maximum Gasteiger partial charge on any atom is 0.328 e. The van der Waals surface area contributed by atoms with Crippen molar-refractivity contribution in [2.45, 2.75) is 44.7 Å². The first kappa shape index (κ1) is 23.6. The summed E-state index contributed by atoms with van der Waals surface area (Å²) in [5, 5.41) is 13.6. The van der Waals surface area contributed by atoms with Gasteiger partial charge in [-0.15, -0.1) is 11.3 Å². The molecular formula is C23H26N2O6S. The maximum atomic E-state index is 13.3. The number of nitrogens with zero attached hydrogens (tertiary/aromatic N) is 1. The van der Waals surface area contributed by atoms with E-state index < -0.39 is 35.8 Å². The number of thiophene rings is 1. The standard InChI is InChI=1S/C23H26N2O6S/c1-2-31-23(30)18(11-5-6-12-26)24-20(27)19(14-15-8-7-13-32-15)25-21(28)16-9-3-4-10-17(16)22(25)29/h3-4,7-10,13,18-19,26H,2,5-6,11-12,14H2,1H3,(H,24,27)/t18-,19-/m0/s1. The SMILES string of the molecule is CCOC(=O)[C@H](CCCCO)NC(=O)[C@H](Cc1cccs1)N1C(=O)c2ccccc2C1=O. The highest BCUT2D eigenvalue weighted by Gasteiger charge is 2.43. The lowest BCUT2D eigenvalue weighted by Gasteiger charge is -2.27. The van der Waals surface area contributed by atoms with Crippen molar-refractivity contribution in [3.63, 3.8) is 0 Å². The van der Waals surface area contributed by atoms with Crippen LogP contribution in [0.3, 0.4) is 0 Å². The van der Waals surface area contributed by atoms with Crippen molar-refractivity contribution in [2.24, 2.45) is 0 Å². The number of benzene rings is 1. The van der Waals surface area contributed by atoms with E-state index in [1.165, 1.54) is 11.3 Å². The molecule has 0 radical (unpaired) electrons. The fourth-order valence-electron chi connectivity index (χ4n) is 3.63. The highest BCUT2D eigenvalue weighted by molar-refractivity contribution is 7.09.